The van der Waals surface area contributed by atoms with Crippen LogP contribution in [-0.4, -0.2) is 15.8 Å². The van der Waals surface area contributed by atoms with Crippen molar-refractivity contribution < 1.29 is 4.39 Å². The zero-order valence-corrected chi connectivity index (χ0v) is 12.8. The Morgan fingerprint density at radius 1 is 1.30 bits per heavy atom. The predicted molar refractivity (Wildman–Crippen MR) is 80.1 cm³/mol. The first-order chi connectivity index (χ1) is 9.40. The normalized spacial score (nSPS) is 11.3. The SMILES string of the molecule is Cc1nn(C)c(C)c1-c1ccc(F)cc1CNC(C)C. The summed E-state index contributed by atoms with van der Waals surface area (Å²) < 4.78 is 15.4. The highest BCUT2D eigenvalue weighted by Crippen LogP contribution is 2.30. The maximum Gasteiger partial charge on any atom is 0.123 e. The molecular formula is C16H22FN3. The highest BCUT2D eigenvalue weighted by Gasteiger charge is 2.15. The Hall–Kier alpha value is -1.68. The minimum atomic E-state index is -0.200. The van der Waals surface area contributed by atoms with Gasteiger partial charge in [-0.05, 0) is 37.1 Å². The molecule has 0 bridgehead atoms. The van der Waals surface area contributed by atoms with Gasteiger partial charge in [-0.2, -0.15) is 5.10 Å². The Balaban J connectivity index is 2.50. The van der Waals surface area contributed by atoms with E-state index in [1.54, 1.807) is 6.07 Å². The molecule has 0 amide bonds. The van der Waals surface area contributed by atoms with Gasteiger partial charge in [0.25, 0.3) is 0 Å². The fraction of sp³-hybridized carbons (Fsp3) is 0.438. The van der Waals surface area contributed by atoms with E-state index in [2.05, 4.69) is 24.3 Å². The molecule has 0 aliphatic rings. The number of nitrogens with zero attached hydrogens (tertiary/aromatic N) is 2. The van der Waals surface area contributed by atoms with E-state index in [0.717, 1.165) is 28.1 Å². The van der Waals surface area contributed by atoms with Crippen LogP contribution >= 0.6 is 0 Å². The summed E-state index contributed by atoms with van der Waals surface area (Å²) in [6.45, 7) is 8.85. The van der Waals surface area contributed by atoms with Gasteiger partial charge in [-0.1, -0.05) is 19.9 Å². The van der Waals surface area contributed by atoms with Crippen LogP contribution in [0.25, 0.3) is 11.1 Å². The zero-order valence-electron chi connectivity index (χ0n) is 12.8. The van der Waals surface area contributed by atoms with Gasteiger partial charge >= 0.3 is 0 Å². The standard InChI is InChI=1S/C16H22FN3/c1-10(2)18-9-13-8-14(17)6-7-15(13)16-11(3)19-20(5)12(16)4/h6-8,10,18H,9H2,1-5H3. The number of halogens is 1. The van der Waals surface area contributed by atoms with Crippen molar-refractivity contribution in [2.45, 2.75) is 40.3 Å². The number of benzene rings is 1. The second kappa shape index (κ2) is 5.75. The Kier molecular flexibility index (Phi) is 4.23. The molecule has 20 heavy (non-hydrogen) atoms. The number of aryl methyl sites for hydroxylation is 2. The molecular weight excluding hydrogens is 253 g/mol. The Labute approximate surface area is 119 Å². The van der Waals surface area contributed by atoms with E-state index in [0.29, 0.717) is 12.6 Å². The molecule has 1 N–H and O–H groups in total. The highest BCUT2D eigenvalue weighted by atomic mass is 19.1. The van der Waals surface area contributed by atoms with Crippen LogP contribution in [0.4, 0.5) is 4.39 Å². The average molecular weight is 275 g/mol. The first-order valence-electron chi connectivity index (χ1n) is 6.92. The van der Waals surface area contributed by atoms with Crippen molar-refractivity contribution in [2.24, 2.45) is 7.05 Å². The van der Waals surface area contributed by atoms with E-state index in [9.17, 15) is 4.39 Å². The lowest BCUT2D eigenvalue weighted by Gasteiger charge is -2.13. The number of rotatable bonds is 4. The van der Waals surface area contributed by atoms with Crippen LogP contribution < -0.4 is 5.32 Å². The van der Waals surface area contributed by atoms with Crippen molar-refractivity contribution in [3.8, 4) is 11.1 Å². The minimum Gasteiger partial charge on any atom is -0.310 e. The van der Waals surface area contributed by atoms with Gasteiger partial charge in [0.2, 0.25) is 0 Å². The summed E-state index contributed by atoms with van der Waals surface area (Å²) in [7, 11) is 1.93. The summed E-state index contributed by atoms with van der Waals surface area (Å²) in [6, 6.07) is 5.34. The van der Waals surface area contributed by atoms with Crippen LogP contribution in [-0.2, 0) is 13.6 Å². The fourth-order valence-corrected chi connectivity index (χ4v) is 2.43. The summed E-state index contributed by atoms with van der Waals surface area (Å²) in [4.78, 5) is 0. The van der Waals surface area contributed by atoms with Crippen LogP contribution in [0.15, 0.2) is 18.2 Å². The molecule has 0 aliphatic heterocycles. The second-order valence-electron chi connectivity index (χ2n) is 5.51. The largest absolute Gasteiger partial charge is 0.310 e. The molecule has 0 atom stereocenters. The molecule has 1 aromatic heterocycles. The van der Waals surface area contributed by atoms with Gasteiger partial charge in [0.15, 0.2) is 0 Å². The highest BCUT2D eigenvalue weighted by molar-refractivity contribution is 5.71. The van der Waals surface area contributed by atoms with Crippen molar-refractivity contribution in [1.29, 1.82) is 0 Å². The van der Waals surface area contributed by atoms with Crippen molar-refractivity contribution in [2.75, 3.05) is 0 Å². The summed E-state index contributed by atoms with van der Waals surface area (Å²) in [6.07, 6.45) is 0. The molecule has 3 nitrogen and oxygen atoms in total. The third kappa shape index (κ3) is 2.90. The molecule has 108 valence electrons. The van der Waals surface area contributed by atoms with E-state index < -0.39 is 0 Å². The number of hydrogen-bond acceptors (Lipinski definition) is 2. The topological polar surface area (TPSA) is 29.9 Å². The Morgan fingerprint density at radius 3 is 2.55 bits per heavy atom. The molecule has 0 spiro atoms. The maximum absolute atomic E-state index is 13.5. The van der Waals surface area contributed by atoms with Gasteiger partial charge in [-0.15, -0.1) is 0 Å². The van der Waals surface area contributed by atoms with E-state index in [1.807, 2.05) is 31.6 Å². The number of hydrogen-bond donors (Lipinski definition) is 1. The molecule has 4 heteroatoms. The monoisotopic (exact) mass is 275 g/mol. The molecule has 0 aliphatic carbocycles. The second-order valence-corrected chi connectivity index (χ2v) is 5.51. The lowest BCUT2D eigenvalue weighted by atomic mass is 9.97. The van der Waals surface area contributed by atoms with E-state index in [1.165, 1.54) is 6.07 Å². The predicted octanol–water partition coefficient (Wildman–Crippen LogP) is 3.34. The molecule has 0 radical (unpaired) electrons. The van der Waals surface area contributed by atoms with Crippen LogP contribution in [0, 0.1) is 19.7 Å². The smallest absolute Gasteiger partial charge is 0.123 e. The lowest BCUT2D eigenvalue weighted by Crippen LogP contribution is -2.22. The van der Waals surface area contributed by atoms with E-state index >= 15 is 0 Å². The molecule has 1 heterocycles. The van der Waals surface area contributed by atoms with Gasteiger partial charge in [0.05, 0.1) is 5.69 Å². The van der Waals surface area contributed by atoms with Crippen molar-refractivity contribution in [3.63, 3.8) is 0 Å². The summed E-state index contributed by atoms with van der Waals surface area (Å²) in [5.74, 6) is -0.200. The van der Waals surface area contributed by atoms with E-state index in [-0.39, 0.29) is 5.82 Å². The summed E-state index contributed by atoms with van der Waals surface area (Å²) >= 11 is 0. The average Bonchev–Trinajstić information content (AvgIpc) is 2.62. The van der Waals surface area contributed by atoms with Crippen LogP contribution in [0.3, 0.4) is 0 Å². The first-order valence-corrected chi connectivity index (χ1v) is 6.92. The van der Waals surface area contributed by atoms with Crippen molar-refractivity contribution in [1.82, 2.24) is 15.1 Å². The molecule has 1 aromatic carbocycles. The van der Waals surface area contributed by atoms with Gasteiger partial charge < -0.3 is 5.32 Å². The van der Waals surface area contributed by atoms with Crippen molar-refractivity contribution >= 4 is 0 Å². The minimum absolute atomic E-state index is 0.200. The Morgan fingerprint density at radius 2 is 2.00 bits per heavy atom. The first kappa shape index (κ1) is 14.7. The van der Waals surface area contributed by atoms with Gasteiger partial charge in [0.1, 0.15) is 5.82 Å². The third-order valence-electron chi connectivity index (χ3n) is 3.55. The number of aromatic nitrogens is 2. The van der Waals surface area contributed by atoms with Crippen LogP contribution in [0.5, 0.6) is 0 Å². The summed E-state index contributed by atoms with van der Waals surface area (Å²) in [5.41, 5.74) is 5.20. The molecule has 2 rings (SSSR count). The van der Waals surface area contributed by atoms with Gasteiger partial charge in [-0.3, -0.25) is 4.68 Å². The fourth-order valence-electron chi connectivity index (χ4n) is 2.43. The van der Waals surface area contributed by atoms with Crippen LogP contribution in [0.2, 0.25) is 0 Å². The maximum atomic E-state index is 13.5. The molecule has 2 aromatic rings. The third-order valence-corrected chi connectivity index (χ3v) is 3.55. The lowest BCUT2D eigenvalue weighted by molar-refractivity contribution is 0.582. The molecule has 0 saturated carbocycles. The quantitative estimate of drug-likeness (QED) is 0.927. The van der Waals surface area contributed by atoms with Crippen LogP contribution in [0.1, 0.15) is 30.8 Å². The molecule has 0 unspecified atom stereocenters. The number of nitrogens with one attached hydrogen (secondary N) is 1. The Bertz CT molecular complexity index is 614. The van der Waals surface area contributed by atoms with Crippen molar-refractivity contribution in [3.05, 3.63) is 41.0 Å². The summed E-state index contributed by atoms with van der Waals surface area (Å²) in [5, 5.41) is 7.80. The zero-order chi connectivity index (χ0) is 14.9. The van der Waals surface area contributed by atoms with Gasteiger partial charge in [-0.25, -0.2) is 4.39 Å². The molecule has 0 fully saturated rings. The molecule has 0 saturated heterocycles. The van der Waals surface area contributed by atoms with Gasteiger partial charge in [0, 0.05) is 30.9 Å². The van der Waals surface area contributed by atoms with E-state index in [4.69, 9.17) is 0 Å².